The minimum Gasteiger partial charge on any atom is -0.368 e. The summed E-state index contributed by atoms with van der Waals surface area (Å²) in [4.78, 5) is 13.0. The van der Waals surface area contributed by atoms with Crippen LogP contribution in [0.25, 0.3) is 0 Å². The van der Waals surface area contributed by atoms with Gasteiger partial charge in [-0.1, -0.05) is 0 Å². The van der Waals surface area contributed by atoms with Crippen LogP contribution in [0.2, 0.25) is 0 Å². The summed E-state index contributed by atoms with van der Waals surface area (Å²) in [5.74, 6) is -0.231. The maximum absolute atomic E-state index is 13.1. The number of alkyl halides is 3. The lowest BCUT2D eigenvalue weighted by molar-refractivity contribution is -0.137. The summed E-state index contributed by atoms with van der Waals surface area (Å²) in [7, 11) is 0. The molecule has 0 saturated heterocycles. The molecule has 1 aliphatic rings. The summed E-state index contributed by atoms with van der Waals surface area (Å²) in [6.45, 7) is 2.05. The molecule has 1 amide bonds. The first-order valence-electron chi connectivity index (χ1n) is 6.91. The first kappa shape index (κ1) is 16.1. The SMILES string of the molecule is CC(C(N)=O)N(CC1CC1)c1ccc(C#N)c(C(F)(F)F)c1. The van der Waals surface area contributed by atoms with Crippen LogP contribution in [0.3, 0.4) is 0 Å². The van der Waals surface area contributed by atoms with Gasteiger partial charge in [0, 0.05) is 12.2 Å². The largest absolute Gasteiger partial charge is 0.417 e. The number of rotatable bonds is 5. The molecular weight excluding hydrogens is 295 g/mol. The molecule has 1 atom stereocenters. The Labute approximate surface area is 126 Å². The van der Waals surface area contributed by atoms with E-state index in [1.165, 1.54) is 6.07 Å². The molecule has 4 nitrogen and oxygen atoms in total. The van der Waals surface area contributed by atoms with E-state index in [1.54, 1.807) is 17.9 Å². The Balaban J connectivity index is 2.43. The molecule has 1 aromatic carbocycles. The quantitative estimate of drug-likeness (QED) is 0.909. The van der Waals surface area contributed by atoms with Gasteiger partial charge in [-0.2, -0.15) is 18.4 Å². The number of halogens is 3. The second kappa shape index (κ2) is 5.87. The van der Waals surface area contributed by atoms with E-state index in [0.29, 0.717) is 12.5 Å². The van der Waals surface area contributed by atoms with E-state index in [4.69, 9.17) is 11.0 Å². The Hall–Kier alpha value is -2.23. The van der Waals surface area contributed by atoms with Crippen molar-refractivity contribution in [3.8, 4) is 6.07 Å². The molecule has 1 aliphatic carbocycles. The van der Waals surface area contributed by atoms with Gasteiger partial charge in [-0.15, -0.1) is 0 Å². The molecule has 118 valence electrons. The van der Waals surface area contributed by atoms with E-state index in [0.717, 1.165) is 25.0 Å². The van der Waals surface area contributed by atoms with E-state index >= 15 is 0 Å². The van der Waals surface area contributed by atoms with E-state index in [2.05, 4.69) is 0 Å². The van der Waals surface area contributed by atoms with Crippen LogP contribution < -0.4 is 10.6 Å². The molecule has 0 heterocycles. The summed E-state index contributed by atoms with van der Waals surface area (Å²) in [6, 6.07) is 4.30. The topological polar surface area (TPSA) is 70.1 Å². The lowest BCUT2D eigenvalue weighted by Crippen LogP contribution is -2.44. The zero-order valence-electron chi connectivity index (χ0n) is 12.0. The van der Waals surface area contributed by atoms with Crippen molar-refractivity contribution in [1.29, 1.82) is 5.26 Å². The van der Waals surface area contributed by atoms with Crippen molar-refractivity contribution < 1.29 is 18.0 Å². The molecular formula is C15H16F3N3O. The third-order valence-electron chi connectivity index (χ3n) is 3.79. The molecule has 7 heteroatoms. The van der Waals surface area contributed by atoms with E-state index in [-0.39, 0.29) is 5.69 Å². The van der Waals surface area contributed by atoms with Crippen LogP contribution in [-0.4, -0.2) is 18.5 Å². The molecule has 0 spiro atoms. The van der Waals surface area contributed by atoms with Gasteiger partial charge in [-0.3, -0.25) is 4.79 Å². The number of hydrogen-bond donors (Lipinski definition) is 1. The zero-order chi connectivity index (χ0) is 16.5. The fourth-order valence-electron chi connectivity index (χ4n) is 2.26. The Kier molecular flexibility index (Phi) is 4.31. The molecule has 0 radical (unpaired) electrons. The van der Waals surface area contributed by atoms with Crippen LogP contribution in [0.1, 0.15) is 30.9 Å². The number of carbonyl (C=O) groups is 1. The number of nitrogens with zero attached hydrogens (tertiary/aromatic N) is 2. The van der Waals surface area contributed by atoms with Gasteiger partial charge in [0.1, 0.15) is 6.04 Å². The lowest BCUT2D eigenvalue weighted by atomic mass is 10.1. The average molecular weight is 311 g/mol. The van der Waals surface area contributed by atoms with Crippen LogP contribution >= 0.6 is 0 Å². The van der Waals surface area contributed by atoms with Gasteiger partial charge < -0.3 is 10.6 Å². The van der Waals surface area contributed by atoms with Gasteiger partial charge in [0.2, 0.25) is 5.91 Å². The highest BCUT2D eigenvalue weighted by atomic mass is 19.4. The normalized spacial score (nSPS) is 16.0. The van der Waals surface area contributed by atoms with E-state index < -0.39 is 29.3 Å². The monoisotopic (exact) mass is 311 g/mol. The number of nitriles is 1. The third-order valence-corrected chi connectivity index (χ3v) is 3.79. The van der Waals surface area contributed by atoms with Gasteiger partial charge in [-0.25, -0.2) is 0 Å². The fraction of sp³-hybridized carbons (Fsp3) is 0.467. The molecule has 0 bridgehead atoms. The maximum atomic E-state index is 13.1. The van der Waals surface area contributed by atoms with Crippen molar-refractivity contribution in [2.45, 2.75) is 32.0 Å². The standard InChI is InChI=1S/C15H16F3N3O/c1-9(14(20)22)21(8-10-2-3-10)12-5-4-11(7-19)13(6-12)15(16,17)18/h4-6,9-10H,2-3,8H2,1H3,(H2,20,22). The number of hydrogen-bond acceptors (Lipinski definition) is 3. The van der Waals surface area contributed by atoms with Crippen molar-refractivity contribution in [2.24, 2.45) is 11.7 Å². The average Bonchev–Trinajstić information content (AvgIpc) is 3.26. The Morgan fingerprint density at radius 2 is 2.14 bits per heavy atom. The minimum absolute atomic E-state index is 0.254. The molecule has 1 aromatic rings. The van der Waals surface area contributed by atoms with Gasteiger partial charge in [0.05, 0.1) is 17.2 Å². The minimum atomic E-state index is -4.62. The van der Waals surface area contributed by atoms with Gasteiger partial charge in [0.15, 0.2) is 0 Å². The number of carbonyl (C=O) groups excluding carboxylic acids is 1. The fourth-order valence-corrected chi connectivity index (χ4v) is 2.26. The van der Waals surface area contributed by atoms with Crippen LogP contribution in [0, 0.1) is 17.2 Å². The summed E-state index contributed by atoms with van der Waals surface area (Å²) >= 11 is 0. The highest BCUT2D eigenvalue weighted by Gasteiger charge is 2.35. The molecule has 2 rings (SSSR count). The zero-order valence-corrected chi connectivity index (χ0v) is 12.0. The van der Waals surface area contributed by atoms with Crippen molar-refractivity contribution in [3.05, 3.63) is 29.3 Å². The maximum Gasteiger partial charge on any atom is 0.417 e. The predicted octanol–water partition coefficient (Wildman–Crippen LogP) is 2.67. The van der Waals surface area contributed by atoms with E-state index in [9.17, 15) is 18.0 Å². The van der Waals surface area contributed by atoms with Crippen LogP contribution in [0.15, 0.2) is 18.2 Å². The summed E-state index contributed by atoms with van der Waals surface area (Å²) in [6.07, 6.45) is -2.64. The smallest absolute Gasteiger partial charge is 0.368 e. The number of nitrogens with two attached hydrogens (primary N) is 1. The van der Waals surface area contributed by atoms with Crippen LogP contribution in [0.5, 0.6) is 0 Å². The lowest BCUT2D eigenvalue weighted by Gasteiger charge is -2.30. The first-order valence-corrected chi connectivity index (χ1v) is 6.91. The molecule has 0 aliphatic heterocycles. The Bertz CT molecular complexity index is 617. The van der Waals surface area contributed by atoms with Crippen molar-refractivity contribution in [1.82, 2.24) is 0 Å². The van der Waals surface area contributed by atoms with Crippen molar-refractivity contribution in [3.63, 3.8) is 0 Å². The number of amides is 1. The molecule has 22 heavy (non-hydrogen) atoms. The summed E-state index contributed by atoms with van der Waals surface area (Å²) < 4.78 is 39.2. The second-order valence-corrected chi connectivity index (χ2v) is 5.51. The number of anilines is 1. The predicted molar refractivity (Wildman–Crippen MR) is 74.9 cm³/mol. The summed E-state index contributed by atoms with van der Waals surface area (Å²) in [5, 5.41) is 8.83. The first-order chi connectivity index (χ1) is 10.2. The highest BCUT2D eigenvalue weighted by Crippen LogP contribution is 2.37. The van der Waals surface area contributed by atoms with Gasteiger partial charge in [0.25, 0.3) is 0 Å². The summed E-state index contributed by atoms with van der Waals surface area (Å²) in [5.41, 5.74) is 4.12. The third kappa shape index (κ3) is 3.50. The van der Waals surface area contributed by atoms with Gasteiger partial charge >= 0.3 is 6.18 Å². The molecule has 1 fully saturated rings. The molecule has 1 unspecified atom stereocenters. The van der Waals surface area contributed by atoms with Crippen LogP contribution in [-0.2, 0) is 11.0 Å². The van der Waals surface area contributed by atoms with Gasteiger partial charge in [-0.05, 0) is 43.9 Å². The highest BCUT2D eigenvalue weighted by molar-refractivity contribution is 5.83. The molecule has 0 aromatic heterocycles. The number of primary amides is 1. The van der Waals surface area contributed by atoms with Crippen molar-refractivity contribution >= 4 is 11.6 Å². The molecule has 1 saturated carbocycles. The Morgan fingerprint density at radius 1 is 1.50 bits per heavy atom. The van der Waals surface area contributed by atoms with Crippen LogP contribution in [0.4, 0.5) is 18.9 Å². The number of benzene rings is 1. The Morgan fingerprint density at radius 3 is 2.59 bits per heavy atom. The van der Waals surface area contributed by atoms with Crippen molar-refractivity contribution in [2.75, 3.05) is 11.4 Å². The second-order valence-electron chi connectivity index (χ2n) is 5.51. The van der Waals surface area contributed by atoms with E-state index in [1.807, 2.05) is 0 Å². The molecule has 2 N–H and O–H groups in total.